The maximum Gasteiger partial charge on any atom is 0.325 e. The first kappa shape index (κ1) is 17.4. The lowest BCUT2D eigenvalue weighted by Crippen LogP contribution is -2.49. The Morgan fingerprint density at radius 3 is 2.64 bits per heavy atom. The van der Waals surface area contributed by atoms with E-state index >= 15 is 0 Å². The van der Waals surface area contributed by atoms with E-state index in [0.29, 0.717) is 18.8 Å². The SMILES string of the molecule is COc1ccc(C(=O)CN2C(=O)NC3(CCC(C)CC3)C2=O)cc1F. The number of hydrogen-bond donors (Lipinski definition) is 1. The molecule has 134 valence electrons. The van der Waals surface area contributed by atoms with Crippen molar-refractivity contribution in [2.75, 3.05) is 13.7 Å². The Morgan fingerprint density at radius 1 is 1.36 bits per heavy atom. The number of ketones is 1. The van der Waals surface area contributed by atoms with Gasteiger partial charge in [-0.2, -0.15) is 0 Å². The Hall–Kier alpha value is -2.44. The quantitative estimate of drug-likeness (QED) is 0.670. The van der Waals surface area contributed by atoms with Crippen molar-refractivity contribution >= 4 is 17.7 Å². The molecule has 3 amide bonds. The largest absolute Gasteiger partial charge is 0.494 e. The lowest BCUT2D eigenvalue weighted by Gasteiger charge is -2.33. The fraction of sp³-hybridized carbons (Fsp3) is 0.500. The van der Waals surface area contributed by atoms with Gasteiger partial charge in [0.15, 0.2) is 17.3 Å². The summed E-state index contributed by atoms with van der Waals surface area (Å²) in [5.41, 5.74) is -0.785. The second kappa shape index (κ2) is 6.46. The molecular formula is C18H21FN2O4. The molecule has 2 aliphatic rings. The highest BCUT2D eigenvalue weighted by molar-refractivity contribution is 6.11. The van der Waals surface area contributed by atoms with Crippen LogP contribution < -0.4 is 10.1 Å². The third kappa shape index (κ3) is 3.10. The second-order valence-corrected chi connectivity index (χ2v) is 6.86. The lowest BCUT2D eigenvalue weighted by atomic mass is 9.77. The first-order chi connectivity index (χ1) is 11.9. The van der Waals surface area contributed by atoms with E-state index in [-0.39, 0.29) is 17.2 Å². The number of nitrogens with zero attached hydrogens (tertiary/aromatic N) is 1. The number of benzene rings is 1. The topological polar surface area (TPSA) is 75.7 Å². The minimum absolute atomic E-state index is 0.0295. The first-order valence-corrected chi connectivity index (χ1v) is 8.37. The molecule has 1 saturated heterocycles. The minimum Gasteiger partial charge on any atom is -0.494 e. The van der Waals surface area contributed by atoms with Gasteiger partial charge in [-0.1, -0.05) is 6.92 Å². The van der Waals surface area contributed by atoms with Crippen LogP contribution in [0.3, 0.4) is 0 Å². The van der Waals surface area contributed by atoms with Crippen LogP contribution >= 0.6 is 0 Å². The van der Waals surface area contributed by atoms with Crippen LogP contribution in [-0.2, 0) is 4.79 Å². The molecule has 3 rings (SSSR count). The zero-order valence-corrected chi connectivity index (χ0v) is 14.3. The van der Waals surface area contributed by atoms with Gasteiger partial charge in [-0.25, -0.2) is 9.18 Å². The number of urea groups is 1. The average molecular weight is 348 g/mol. The summed E-state index contributed by atoms with van der Waals surface area (Å²) in [5.74, 6) is -0.962. The number of hydrogen-bond acceptors (Lipinski definition) is 4. The average Bonchev–Trinajstić information content (AvgIpc) is 2.82. The number of carbonyl (C=O) groups excluding carboxylic acids is 3. The molecular weight excluding hydrogens is 327 g/mol. The van der Waals surface area contributed by atoms with Gasteiger partial charge in [0.25, 0.3) is 5.91 Å². The molecule has 0 radical (unpaired) electrons. The van der Waals surface area contributed by atoms with E-state index in [1.807, 2.05) is 0 Å². The molecule has 6 nitrogen and oxygen atoms in total. The summed E-state index contributed by atoms with van der Waals surface area (Å²) >= 11 is 0. The highest BCUT2D eigenvalue weighted by atomic mass is 19.1. The second-order valence-electron chi connectivity index (χ2n) is 6.86. The summed E-state index contributed by atoms with van der Waals surface area (Å²) in [7, 11) is 1.33. The van der Waals surface area contributed by atoms with Crippen LogP contribution in [0.15, 0.2) is 18.2 Å². The number of rotatable bonds is 4. The van der Waals surface area contributed by atoms with Gasteiger partial charge in [0.05, 0.1) is 13.7 Å². The maximum absolute atomic E-state index is 13.8. The normalized spacial score (nSPS) is 26.0. The molecule has 2 fully saturated rings. The van der Waals surface area contributed by atoms with Crippen molar-refractivity contribution < 1.29 is 23.5 Å². The Morgan fingerprint density at radius 2 is 2.04 bits per heavy atom. The summed E-state index contributed by atoms with van der Waals surface area (Å²) in [6.07, 6.45) is 2.89. The molecule has 1 N–H and O–H groups in total. The summed E-state index contributed by atoms with van der Waals surface area (Å²) in [4.78, 5) is 38.3. The lowest BCUT2D eigenvalue weighted by molar-refractivity contribution is -0.132. The van der Waals surface area contributed by atoms with E-state index in [9.17, 15) is 18.8 Å². The Labute approximate surface area is 145 Å². The van der Waals surface area contributed by atoms with Gasteiger partial charge in [0.2, 0.25) is 0 Å². The summed E-state index contributed by atoms with van der Waals surface area (Å²) in [6.45, 7) is 1.72. The maximum atomic E-state index is 13.8. The van der Waals surface area contributed by atoms with Gasteiger partial charge in [0.1, 0.15) is 5.54 Å². The van der Waals surface area contributed by atoms with Gasteiger partial charge >= 0.3 is 6.03 Å². The van der Waals surface area contributed by atoms with Crippen LogP contribution in [0.2, 0.25) is 0 Å². The molecule has 0 aromatic heterocycles. The van der Waals surface area contributed by atoms with Crippen LogP contribution in [-0.4, -0.2) is 41.8 Å². The van der Waals surface area contributed by atoms with Crippen molar-refractivity contribution in [3.63, 3.8) is 0 Å². The number of amides is 3. The van der Waals surface area contributed by atoms with Crippen LogP contribution in [0.25, 0.3) is 0 Å². The molecule has 1 aliphatic heterocycles. The predicted octanol–water partition coefficient (Wildman–Crippen LogP) is 2.52. The zero-order valence-electron chi connectivity index (χ0n) is 14.3. The summed E-state index contributed by atoms with van der Waals surface area (Å²) in [6, 6.07) is 3.26. The summed E-state index contributed by atoms with van der Waals surface area (Å²) < 4.78 is 18.6. The van der Waals surface area contributed by atoms with E-state index in [1.165, 1.54) is 19.2 Å². The summed E-state index contributed by atoms with van der Waals surface area (Å²) in [5, 5.41) is 2.77. The van der Waals surface area contributed by atoms with Crippen molar-refractivity contribution in [1.29, 1.82) is 0 Å². The molecule has 1 spiro atoms. The first-order valence-electron chi connectivity index (χ1n) is 8.37. The van der Waals surface area contributed by atoms with E-state index in [0.717, 1.165) is 23.8 Å². The third-order valence-electron chi connectivity index (χ3n) is 5.15. The van der Waals surface area contributed by atoms with Crippen molar-refractivity contribution in [1.82, 2.24) is 10.2 Å². The molecule has 0 atom stereocenters. The molecule has 25 heavy (non-hydrogen) atoms. The highest BCUT2D eigenvalue weighted by Crippen LogP contribution is 2.36. The molecule has 1 aromatic carbocycles. The molecule has 1 aromatic rings. The molecule has 1 saturated carbocycles. The number of methoxy groups -OCH3 is 1. The van der Waals surface area contributed by atoms with Gasteiger partial charge in [0, 0.05) is 5.56 Å². The van der Waals surface area contributed by atoms with E-state index < -0.39 is 29.7 Å². The van der Waals surface area contributed by atoms with Crippen molar-refractivity contribution in [2.24, 2.45) is 5.92 Å². The third-order valence-corrected chi connectivity index (χ3v) is 5.15. The van der Waals surface area contributed by atoms with Gasteiger partial charge in [-0.15, -0.1) is 0 Å². The highest BCUT2D eigenvalue weighted by Gasteiger charge is 2.52. The number of ether oxygens (including phenoxy) is 1. The van der Waals surface area contributed by atoms with Gasteiger partial charge < -0.3 is 10.1 Å². The smallest absolute Gasteiger partial charge is 0.325 e. The number of halogens is 1. The molecule has 7 heteroatoms. The van der Waals surface area contributed by atoms with Gasteiger partial charge in [-0.05, 0) is 49.8 Å². The van der Waals surface area contributed by atoms with E-state index in [2.05, 4.69) is 12.2 Å². The molecule has 1 aliphatic carbocycles. The number of nitrogens with one attached hydrogen (secondary N) is 1. The van der Waals surface area contributed by atoms with E-state index in [1.54, 1.807) is 0 Å². The van der Waals surface area contributed by atoms with Crippen molar-refractivity contribution in [2.45, 2.75) is 38.1 Å². The molecule has 0 bridgehead atoms. The van der Waals surface area contributed by atoms with E-state index in [4.69, 9.17) is 4.74 Å². The predicted molar refractivity (Wildman–Crippen MR) is 87.9 cm³/mol. The van der Waals surface area contributed by atoms with Gasteiger partial charge in [-0.3, -0.25) is 14.5 Å². The fourth-order valence-electron chi connectivity index (χ4n) is 3.49. The van der Waals surface area contributed by atoms with Crippen molar-refractivity contribution in [3.05, 3.63) is 29.6 Å². The Balaban J connectivity index is 1.74. The minimum atomic E-state index is -0.880. The number of imide groups is 1. The van der Waals surface area contributed by atoms with Crippen molar-refractivity contribution in [3.8, 4) is 5.75 Å². The monoisotopic (exact) mass is 348 g/mol. The standard InChI is InChI=1S/C18H21FN2O4/c1-11-5-7-18(8-6-11)16(23)21(17(24)20-18)10-14(22)12-3-4-15(25-2)13(19)9-12/h3-4,9,11H,5-8,10H2,1-2H3,(H,20,24). The van der Waals surface area contributed by atoms with Crippen LogP contribution in [0.5, 0.6) is 5.75 Å². The van der Waals surface area contributed by atoms with Crippen LogP contribution in [0.1, 0.15) is 43.0 Å². The van der Waals surface area contributed by atoms with Crippen LogP contribution in [0.4, 0.5) is 9.18 Å². The fourth-order valence-corrected chi connectivity index (χ4v) is 3.49. The molecule has 0 unspecified atom stereocenters. The number of carbonyl (C=O) groups is 3. The molecule has 1 heterocycles. The Kier molecular flexibility index (Phi) is 4.49. The Bertz CT molecular complexity index is 726. The zero-order chi connectivity index (χ0) is 18.2. The van der Waals surface area contributed by atoms with Crippen LogP contribution in [0, 0.1) is 11.7 Å². The number of Topliss-reactive ketones (excluding diaryl/α,β-unsaturated/α-hetero) is 1.